The van der Waals surface area contributed by atoms with Crippen molar-refractivity contribution in [1.82, 2.24) is 19.5 Å². The largest absolute Gasteiger partial charge is 0.361 e. The van der Waals surface area contributed by atoms with Gasteiger partial charge in [-0.05, 0) is 52.1 Å². The lowest BCUT2D eigenvalue weighted by atomic mass is 9.66. The number of H-pyrrole nitrogens is 3. The molecule has 11 rings (SSSR count). The van der Waals surface area contributed by atoms with Crippen molar-refractivity contribution in [3.63, 3.8) is 0 Å². The summed E-state index contributed by atoms with van der Waals surface area (Å²) in [7, 11) is 0. The van der Waals surface area contributed by atoms with Gasteiger partial charge in [-0.25, -0.2) is 0 Å². The summed E-state index contributed by atoms with van der Waals surface area (Å²) >= 11 is 0. The van der Waals surface area contributed by atoms with Crippen LogP contribution in [0.5, 0.6) is 0 Å². The summed E-state index contributed by atoms with van der Waals surface area (Å²) < 4.78 is 1.83. The Morgan fingerprint density at radius 2 is 1.19 bits per heavy atom. The van der Waals surface area contributed by atoms with Crippen LogP contribution in [0.4, 0.5) is 0 Å². The van der Waals surface area contributed by atoms with Gasteiger partial charge in [0, 0.05) is 73.7 Å². The van der Waals surface area contributed by atoms with E-state index in [9.17, 15) is 4.79 Å². The summed E-state index contributed by atoms with van der Waals surface area (Å²) in [6, 6.07) is 43.1. The minimum absolute atomic E-state index is 0.0126. The summed E-state index contributed by atoms with van der Waals surface area (Å²) in [6.07, 6.45) is 4.31. The Morgan fingerprint density at radius 3 is 1.96 bits per heavy atom. The van der Waals surface area contributed by atoms with E-state index in [1.54, 1.807) is 6.92 Å². The van der Waals surface area contributed by atoms with Crippen LogP contribution in [0, 0.1) is 0 Å². The highest BCUT2D eigenvalue weighted by molar-refractivity contribution is 6.31. The number of hydrogen-bond acceptors (Lipinski definition) is 1. The van der Waals surface area contributed by atoms with E-state index in [-0.39, 0.29) is 5.91 Å². The minimum atomic E-state index is -0.777. The molecule has 0 bridgehead atoms. The lowest BCUT2D eigenvalue weighted by Gasteiger charge is -2.33. The molecular weight excluding hydrogens is 589 g/mol. The minimum Gasteiger partial charge on any atom is -0.361 e. The number of nitrogens with one attached hydrogen (secondary N) is 3. The Labute approximate surface area is 274 Å². The zero-order valence-electron chi connectivity index (χ0n) is 26.1. The molecule has 1 unspecified atom stereocenters. The van der Waals surface area contributed by atoms with Crippen LogP contribution in [0.15, 0.2) is 134 Å². The third-order valence-corrected chi connectivity index (χ3v) is 10.8. The highest BCUT2D eigenvalue weighted by atomic mass is 16.1. The molecule has 5 heteroatoms. The third kappa shape index (κ3) is 2.96. The molecular formula is C43H28N4O. The van der Waals surface area contributed by atoms with Gasteiger partial charge in [0.25, 0.3) is 0 Å². The lowest BCUT2D eigenvalue weighted by Crippen LogP contribution is -2.28. The molecule has 0 saturated carbocycles. The first-order valence-corrected chi connectivity index (χ1v) is 16.4. The monoisotopic (exact) mass is 616 g/mol. The van der Waals surface area contributed by atoms with E-state index in [4.69, 9.17) is 0 Å². The molecule has 1 atom stereocenters. The maximum absolute atomic E-state index is 13.3. The van der Waals surface area contributed by atoms with Gasteiger partial charge in [-0.3, -0.25) is 9.36 Å². The van der Waals surface area contributed by atoms with Crippen molar-refractivity contribution >= 4 is 71.3 Å². The number of para-hydroxylation sites is 4. The van der Waals surface area contributed by atoms with Gasteiger partial charge < -0.3 is 15.0 Å². The van der Waals surface area contributed by atoms with E-state index >= 15 is 0 Å². The van der Waals surface area contributed by atoms with Crippen LogP contribution >= 0.6 is 0 Å². The van der Waals surface area contributed by atoms with Crippen LogP contribution in [0.3, 0.4) is 0 Å². The molecule has 4 heterocycles. The molecule has 0 spiro atoms. The van der Waals surface area contributed by atoms with Crippen molar-refractivity contribution in [2.75, 3.05) is 0 Å². The van der Waals surface area contributed by atoms with Gasteiger partial charge in [0.1, 0.15) is 0 Å². The van der Waals surface area contributed by atoms with Gasteiger partial charge in [0.15, 0.2) is 0 Å². The average molecular weight is 617 g/mol. The Morgan fingerprint density at radius 1 is 0.583 bits per heavy atom. The quantitative estimate of drug-likeness (QED) is 0.178. The van der Waals surface area contributed by atoms with Gasteiger partial charge >= 0.3 is 0 Å². The first-order chi connectivity index (χ1) is 23.7. The maximum atomic E-state index is 13.3. The number of rotatable bonds is 2. The lowest BCUT2D eigenvalue weighted by molar-refractivity contribution is 0.0941. The first-order valence-electron chi connectivity index (χ1n) is 16.4. The molecule has 1 aliphatic rings. The Kier molecular flexibility index (Phi) is 4.80. The Balaban J connectivity index is 1.49. The number of aromatic amines is 3. The van der Waals surface area contributed by atoms with Crippen molar-refractivity contribution in [2.45, 2.75) is 12.3 Å². The number of hydrogen-bond donors (Lipinski definition) is 3. The van der Waals surface area contributed by atoms with E-state index in [2.05, 4.69) is 143 Å². The fraction of sp³-hybridized carbons (Fsp3) is 0.0465. The second-order valence-corrected chi connectivity index (χ2v) is 13.1. The van der Waals surface area contributed by atoms with Crippen molar-refractivity contribution in [3.8, 4) is 11.1 Å². The second-order valence-electron chi connectivity index (χ2n) is 13.1. The molecule has 1 aliphatic carbocycles. The molecule has 226 valence electrons. The summed E-state index contributed by atoms with van der Waals surface area (Å²) in [6.45, 7) is 1.65. The Hall–Kier alpha value is -6.33. The number of carbonyl (C=O) groups is 1. The van der Waals surface area contributed by atoms with E-state index in [1.807, 2.05) is 10.6 Å². The highest BCUT2D eigenvalue weighted by Gasteiger charge is 2.51. The predicted molar refractivity (Wildman–Crippen MR) is 196 cm³/mol. The molecule has 0 radical (unpaired) electrons. The van der Waals surface area contributed by atoms with Crippen LogP contribution in [-0.2, 0) is 5.41 Å². The van der Waals surface area contributed by atoms with Gasteiger partial charge in [0.2, 0.25) is 5.91 Å². The van der Waals surface area contributed by atoms with Gasteiger partial charge in [0.05, 0.1) is 22.0 Å². The SMILES string of the molecule is CC(=O)n1cc(C2(c3c[nH]c4ccccc34)c3ccccc3-c3c2c2c4ccccc4[nH]c2c2c3[nH]c3ccccc32)c2ccccc21. The summed E-state index contributed by atoms with van der Waals surface area (Å²) in [5.41, 5.74) is 12.7. The van der Waals surface area contributed by atoms with Crippen molar-refractivity contribution < 1.29 is 4.79 Å². The molecule has 10 aromatic rings. The van der Waals surface area contributed by atoms with E-state index < -0.39 is 5.41 Å². The van der Waals surface area contributed by atoms with Crippen LogP contribution in [0.25, 0.3) is 76.5 Å². The third-order valence-electron chi connectivity index (χ3n) is 10.8. The molecule has 3 N–H and O–H groups in total. The number of nitrogens with zero attached hydrogens (tertiary/aromatic N) is 1. The molecule has 0 fully saturated rings. The van der Waals surface area contributed by atoms with Crippen molar-refractivity contribution in [1.29, 1.82) is 0 Å². The maximum Gasteiger partial charge on any atom is 0.227 e. The standard InChI is InChI=1S/C43H28N4O/c1-24(48)47-23-32(26-13-6-11-21-36(26)47)43(31-22-44-33-18-8-3-12-25(31)33)30-17-7-2-14-27(30)37-40(43)38-28-15-4-9-19-34(28)45-42(38)39-29-16-5-10-20-35(29)46-41(37)39/h2-23,44-46H,1H3. The number of fused-ring (bicyclic) bond motifs is 14. The van der Waals surface area contributed by atoms with Crippen LogP contribution in [0.2, 0.25) is 0 Å². The van der Waals surface area contributed by atoms with E-state index in [0.29, 0.717) is 0 Å². The van der Waals surface area contributed by atoms with Crippen molar-refractivity contribution in [3.05, 3.63) is 156 Å². The molecule has 4 aromatic heterocycles. The molecule has 6 aromatic carbocycles. The number of benzene rings is 6. The predicted octanol–water partition coefficient (Wildman–Crippen LogP) is 10.4. The smallest absolute Gasteiger partial charge is 0.227 e. The molecule has 0 aliphatic heterocycles. The van der Waals surface area contributed by atoms with Crippen LogP contribution in [-0.4, -0.2) is 25.4 Å². The average Bonchev–Trinajstić information content (AvgIpc) is 3.93. The summed E-state index contributed by atoms with van der Waals surface area (Å²) in [5.74, 6) is -0.0126. The van der Waals surface area contributed by atoms with Crippen LogP contribution < -0.4 is 0 Å². The first kappa shape index (κ1) is 25.8. The topological polar surface area (TPSA) is 69.4 Å². The van der Waals surface area contributed by atoms with Crippen LogP contribution in [0.1, 0.15) is 34.0 Å². The molecule has 5 nitrogen and oxygen atoms in total. The fourth-order valence-corrected chi connectivity index (χ4v) is 9.06. The van der Waals surface area contributed by atoms with Crippen molar-refractivity contribution in [2.24, 2.45) is 0 Å². The number of aromatic nitrogens is 4. The number of carbonyl (C=O) groups excluding carboxylic acids is 1. The summed E-state index contributed by atoms with van der Waals surface area (Å²) in [5, 5.41) is 7.01. The van der Waals surface area contributed by atoms with E-state index in [1.165, 1.54) is 43.8 Å². The zero-order valence-corrected chi connectivity index (χ0v) is 26.1. The second kappa shape index (κ2) is 8.93. The van der Waals surface area contributed by atoms with E-state index in [0.717, 1.165) is 55.0 Å². The molecule has 0 amide bonds. The highest BCUT2D eigenvalue weighted by Crippen LogP contribution is 2.63. The fourth-order valence-electron chi connectivity index (χ4n) is 9.06. The molecule has 0 saturated heterocycles. The Bertz CT molecular complexity index is 3000. The van der Waals surface area contributed by atoms with Gasteiger partial charge in [-0.1, -0.05) is 97.1 Å². The zero-order chi connectivity index (χ0) is 31.7. The normalized spacial score (nSPS) is 15.8. The summed E-state index contributed by atoms with van der Waals surface area (Å²) in [4.78, 5) is 24.8. The molecule has 48 heavy (non-hydrogen) atoms. The van der Waals surface area contributed by atoms with Gasteiger partial charge in [-0.15, -0.1) is 0 Å². The van der Waals surface area contributed by atoms with Gasteiger partial charge in [-0.2, -0.15) is 0 Å².